The number of aromatic nitrogens is 2. The molecule has 0 saturated heterocycles. The number of ether oxygens (including phenoxy) is 1. The predicted molar refractivity (Wildman–Crippen MR) is 231 cm³/mol. The molecule has 0 aliphatic heterocycles. The van der Waals surface area contributed by atoms with Crippen LogP contribution in [0.25, 0.3) is 49.6 Å². The molecule has 0 radical (unpaired) electrons. The second-order valence-corrected chi connectivity index (χ2v) is 16.4. The zero-order valence-electron chi connectivity index (χ0n) is 32.9. The maximum atomic E-state index is 6.69. The Kier molecular flexibility index (Phi) is 9.74. The molecule has 0 amide bonds. The Bertz CT molecular complexity index is 2930. The quantitative estimate of drug-likeness (QED) is 0.161. The summed E-state index contributed by atoms with van der Waals surface area (Å²) in [6.07, 6.45) is 1.89. The molecule has 6 aromatic carbocycles. The molecule has 0 saturated carbocycles. The molecule has 3 heterocycles. The van der Waals surface area contributed by atoms with E-state index in [9.17, 15) is 0 Å². The van der Waals surface area contributed by atoms with E-state index in [1.807, 2.05) is 59.6 Å². The molecule has 0 aliphatic rings. The van der Waals surface area contributed by atoms with Gasteiger partial charge in [0.1, 0.15) is 17.0 Å². The number of hydrogen-bond acceptors (Lipinski definition) is 5. The Balaban J connectivity index is 0.00000455. The maximum absolute atomic E-state index is 6.69. The van der Waals surface area contributed by atoms with Gasteiger partial charge in [0.15, 0.2) is 0 Å². The van der Waals surface area contributed by atoms with Crippen molar-refractivity contribution in [1.29, 1.82) is 0 Å². The van der Waals surface area contributed by atoms with E-state index in [0.29, 0.717) is 11.5 Å². The Morgan fingerprint density at radius 1 is 0.667 bits per heavy atom. The van der Waals surface area contributed by atoms with Gasteiger partial charge in [0.25, 0.3) is 0 Å². The molecule has 9 aromatic rings. The topological polar surface area (TPSA) is 55.5 Å². The van der Waals surface area contributed by atoms with Crippen LogP contribution in [0.4, 0.5) is 22.7 Å². The minimum absolute atomic E-state index is 0. The SMILES string of the molecule is [CH2-]N(c1[c-]c(Oc2[c-]c3c(cc2)c2ccccc2n3-c2cc(C(C)(C)C)ccn2)cc(C(C)(C)C)c1)c1ccccc1Nc1cccc2oc3ccccc3c12.[Pt]. The first kappa shape index (κ1) is 38.1. The smallest absolute Gasteiger partial charge is 0.137 e. The summed E-state index contributed by atoms with van der Waals surface area (Å²) in [5.74, 6) is 2.00. The third-order valence-corrected chi connectivity index (χ3v) is 10.5. The van der Waals surface area contributed by atoms with Gasteiger partial charge in [0.05, 0.1) is 16.8 Å². The van der Waals surface area contributed by atoms with Crippen molar-refractivity contribution in [3.8, 4) is 17.3 Å². The van der Waals surface area contributed by atoms with E-state index in [2.05, 4.69) is 149 Å². The van der Waals surface area contributed by atoms with Crippen LogP contribution in [0.15, 0.2) is 138 Å². The van der Waals surface area contributed by atoms with E-state index in [4.69, 9.17) is 14.1 Å². The predicted octanol–water partition coefficient (Wildman–Crippen LogP) is 13.7. The number of fused-ring (bicyclic) bond motifs is 6. The summed E-state index contributed by atoms with van der Waals surface area (Å²) in [6.45, 7) is 13.3. The monoisotopic (exact) mass is 926 g/mol. The van der Waals surface area contributed by atoms with Gasteiger partial charge in [-0.3, -0.25) is 7.05 Å². The van der Waals surface area contributed by atoms with Crippen LogP contribution in [0.1, 0.15) is 52.7 Å². The van der Waals surface area contributed by atoms with E-state index < -0.39 is 0 Å². The van der Waals surface area contributed by atoms with E-state index in [0.717, 1.165) is 77.9 Å². The Morgan fingerprint density at radius 3 is 2.18 bits per heavy atom. The van der Waals surface area contributed by atoms with E-state index in [1.165, 1.54) is 5.56 Å². The molecule has 3 aromatic heterocycles. The summed E-state index contributed by atoms with van der Waals surface area (Å²) in [7, 11) is 4.56. The number of rotatable bonds is 7. The third kappa shape index (κ3) is 7.08. The molecule has 0 aliphatic carbocycles. The number of furan rings is 1. The van der Waals surface area contributed by atoms with E-state index >= 15 is 0 Å². The van der Waals surface area contributed by atoms with Crippen molar-refractivity contribution in [3.63, 3.8) is 0 Å². The molecule has 57 heavy (non-hydrogen) atoms. The first-order valence-electron chi connectivity index (χ1n) is 19.0. The van der Waals surface area contributed by atoms with Gasteiger partial charge < -0.3 is 23.9 Å². The van der Waals surface area contributed by atoms with Crippen molar-refractivity contribution in [1.82, 2.24) is 9.55 Å². The Hall–Kier alpha value is -5.84. The van der Waals surface area contributed by atoms with Crippen molar-refractivity contribution in [2.75, 3.05) is 10.2 Å². The summed E-state index contributed by atoms with van der Waals surface area (Å²) in [5, 5.41) is 8.02. The molecule has 0 fully saturated rings. The van der Waals surface area contributed by atoms with Crippen LogP contribution in [0, 0.1) is 19.2 Å². The molecule has 6 nitrogen and oxygen atoms in total. The van der Waals surface area contributed by atoms with Crippen LogP contribution >= 0.6 is 0 Å². The summed E-state index contributed by atoms with van der Waals surface area (Å²) in [5.41, 5.74) is 9.25. The first-order valence-corrected chi connectivity index (χ1v) is 19.0. The second-order valence-electron chi connectivity index (χ2n) is 16.4. The normalized spacial score (nSPS) is 12.0. The molecule has 0 unspecified atom stereocenters. The van der Waals surface area contributed by atoms with Gasteiger partial charge in [-0.25, -0.2) is 4.98 Å². The number of hydrogen-bond donors (Lipinski definition) is 1. The first-order chi connectivity index (χ1) is 26.9. The number of nitrogens with one attached hydrogen (secondary N) is 1. The molecule has 0 spiro atoms. The molecule has 0 bridgehead atoms. The van der Waals surface area contributed by atoms with Crippen molar-refractivity contribution >= 4 is 66.5 Å². The van der Waals surface area contributed by atoms with Gasteiger partial charge in [0, 0.05) is 55.4 Å². The summed E-state index contributed by atoms with van der Waals surface area (Å²) in [6, 6.07) is 50.5. The average molecular weight is 927 g/mol. The maximum Gasteiger partial charge on any atom is 0.137 e. The van der Waals surface area contributed by atoms with Gasteiger partial charge in [-0.15, -0.1) is 47.0 Å². The van der Waals surface area contributed by atoms with E-state index in [1.54, 1.807) is 0 Å². The van der Waals surface area contributed by atoms with Crippen LogP contribution in [0.2, 0.25) is 0 Å². The van der Waals surface area contributed by atoms with Crippen LogP contribution in [0.3, 0.4) is 0 Å². The second kappa shape index (κ2) is 14.6. The minimum atomic E-state index is -0.178. The van der Waals surface area contributed by atoms with Gasteiger partial charge in [0.2, 0.25) is 0 Å². The Labute approximate surface area is 348 Å². The molecular formula is C50H43N4O2Pt-3. The van der Waals surface area contributed by atoms with Crippen molar-refractivity contribution in [2.45, 2.75) is 52.4 Å². The number of anilines is 4. The number of benzene rings is 6. The molecule has 1 N–H and O–H groups in total. The minimum Gasteiger partial charge on any atom is -0.516 e. The standard InChI is InChI=1S/C50H43N4O2.Pt/c1-49(2,3)32-25-26-51-47(29-32)54-42-19-11-8-15-37(42)38-24-23-35(31-44(38)54)55-36-28-33(50(4,5)6)27-34(30-36)53(7)43-20-12-10-17-40(43)52-41-18-14-22-46-48(41)39-16-9-13-21-45(39)56-46;/h8-29,52H,7H2,1-6H3;/q-3;. The number of pyridine rings is 1. The van der Waals surface area contributed by atoms with E-state index in [-0.39, 0.29) is 31.9 Å². The van der Waals surface area contributed by atoms with Crippen molar-refractivity contribution in [2.24, 2.45) is 0 Å². The Morgan fingerprint density at radius 2 is 1.37 bits per heavy atom. The fraction of sp³-hybridized carbons (Fsp3) is 0.160. The largest absolute Gasteiger partial charge is 0.516 e. The average Bonchev–Trinajstić information content (AvgIpc) is 3.73. The number of para-hydroxylation sites is 4. The van der Waals surface area contributed by atoms with Crippen LogP contribution in [-0.4, -0.2) is 9.55 Å². The van der Waals surface area contributed by atoms with Gasteiger partial charge in [-0.2, -0.15) is 6.07 Å². The zero-order chi connectivity index (χ0) is 38.8. The van der Waals surface area contributed by atoms with Gasteiger partial charge in [-0.1, -0.05) is 102 Å². The molecule has 7 heteroatoms. The molecule has 9 rings (SSSR count). The fourth-order valence-electron chi connectivity index (χ4n) is 7.43. The van der Waals surface area contributed by atoms with Crippen LogP contribution in [0.5, 0.6) is 11.5 Å². The third-order valence-electron chi connectivity index (χ3n) is 10.5. The number of nitrogens with zero attached hydrogens (tertiary/aromatic N) is 3. The summed E-state index contributed by atoms with van der Waals surface area (Å²) in [4.78, 5) is 6.75. The van der Waals surface area contributed by atoms with Gasteiger partial charge >= 0.3 is 0 Å². The van der Waals surface area contributed by atoms with Crippen LogP contribution < -0.4 is 15.0 Å². The van der Waals surface area contributed by atoms with Crippen LogP contribution in [-0.2, 0) is 31.9 Å². The molecular weight excluding hydrogens is 884 g/mol. The zero-order valence-corrected chi connectivity index (χ0v) is 35.2. The summed E-state index contributed by atoms with van der Waals surface area (Å²) >= 11 is 0. The molecule has 288 valence electrons. The molecule has 0 atom stereocenters. The summed E-state index contributed by atoms with van der Waals surface area (Å²) < 4.78 is 15.1. The van der Waals surface area contributed by atoms with Gasteiger partial charge in [-0.05, 0) is 70.3 Å². The van der Waals surface area contributed by atoms with Crippen molar-refractivity contribution < 1.29 is 30.2 Å². The van der Waals surface area contributed by atoms with Crippen molar-refractivity contribution in [3.05, 3.63) is 164 Å². The fourth-order valence-corrected chi connectivity index (χ4v) is 7.43.